The molecule has 0 aromatic heterocycles. The minimum atomic E-state index is -1.81. The highest BCUT2D eigenvalue weighted by molar-refractivity contribution is 6.74. The van der Waals surface area contributed by atoms with E-state index in [2.05, 4.69) is 40.8 Å². The van der Waals surface area contributed by atoms with E-state index in [1.165, 1.54) is 44.9 Å². The van der Waals surface area contributed by atoms with E-state index >= 15 is 0 Å². The molecule has 0 aromatic carbocycles. The molecule has 0 aliphatic heterocycles. The van der Waals surface area contributed by atoms with Gasteiger partial charge in [0, 0.05) is 0 Å². The van der Waals surface area contributed by atoms with Crippen molar-refractivity contribution in [3.05, 3.63) is 0 Å². The van der Waals surface area contributed by atoms with Gasteiger partial charge in [-0.1, -0.05) is 72.6 Å². The Morgan fingerprint density at radius 2 is 1.35 bits per heavy atom. The van der Waals surface area contributed by atoms with Gasteiger partial charge in [0.25, 0.3) is 0 Å². The van der Waals surface area contributed by atoms with Gasteiger partial charge in [-0.25, -0.2) is 0 Å². The van der Waals surface area contributed by atoms with Gasteiger partial charge >= 0.3 is 0 Å². The van der Waals surface area contributed by atoms with Crippen molar-refractivity contribution in [3.8, 4) is 0 Å². The molecule has 0 saturated carbocycles. The van der Waals surface area contributed by atoms with Gasteiger partial charge in [0.05, 0.1) is 0 Å². The maximum Gasteiger partial charge on any atom is 0.195 e. The molecule has 0 rings (SSSR count). The van der Waals surface area contributed by atoms with Gasteiger partial charge in [-0.3, -0.25) is 0 Å². The summed E-state index contributed by atoms with van der Waals surface area (Å²) in [6, 6.07) is 0. The van der Waals surface area contributed by atoms with Gasteiger partial charge in [-0.15, -0.1) is 0 Å². The molecule has 0 radical (unpaired) electrons. The van der Waals surface area contributed by atoms with Crippen LogP contribution in [0.3, 0.4) is 0 Å². The number of aliphatic hydroxyl groups excluding tert-OH is 1. The molecule has 0 fully saturated rings. The predicted octanol–water partition coefficient (Wildman–Crippen LogP) is 5.86. The second-order valence-corrected chi connectivity index (χ2v) is 12.4. The quantitative estimate of drug-likeness (QED) is 0.294. The molecule has 0 saturated heterocycles. The molecule has 0 amide bonds. The number of hydrogen-bond acceptors (Lipinski definition) is 2. The van der Waals surface area contributed by atoms with Crippen LogP contribution in [-0.2, 0) is 4.43 Å². The molecule has 0 spiro atoms. The van der Waals surface area contributed by atoms with Crippen LogP contribution in [0.15, 0.2) is 0 Å². The molecule has 1 atom stereocenters. The van der Waals surface area contributed by atoms with Gasteiger partial charge in [0.2, 0.25) is 0 Å². The summed E-state index contributed by atoms with van der Waals surface area (Å²) in [6.07, 6.45) is 10.6. The van der Waals surface area contributed by atoms with Crippen molar-refractivity contribution in [3.63, 3.8) is 0 Å². The van der Waals surface area contributed by atoms with Crippen LogP contribution in [0, 0.1) is 0 Å². The van der Waals surface area contributed by atoms with E-state index in [9.17, 15) is 5.11 Å². The SMILES string of the molecule is CCCCCCCCCCC(O)O[Si](C)(C)C(C)(C)C. The molecule has 1 N–H and O–H groups in total. The van der Waals surface area contributed by atoms with E-state index in [1.54, 1.807) is 0 Å². The van der Waals surface area contributed by atoms with Crippen molar-refractivity contribution in [2.24, 2.45) is 0 Å². The smallest absolute Gasteiger partial charge is 0.195 e. The average molecular weight is 303 g/mol. The number of rotatable bonds is 11. The molecule has 0 aliphatic carbocycles. The zero-order valence-electron chi connectivity index (χ0n) is 14.8. The zero-order valence-corrected chi connectivity index (χ0v) is 15.8. The van der Waals surface area contributed by atoms with E-state index in [1.807, 2.05) is 0 Å². The summed E-state index contributed by atoms with van der Waals surface area (Å²) in [5, 5.41) is 10.2. The molecular weight excluding hydrogens is 264 g/mol. The van der Waals surface area contributed by atoms with Crippen LogP contribution in [0.25, 0.3) is 0 Å². The number of hydrogen-bond donors (Lipinski definition) is 1. The van der Waals surface area contributed by atoms with Crippen molar-refractivity contribution in [1.82, 2.24) is 0 Å². The molecule has 2 nitrogen and oxygen atoms in total. The van der Waals surface area contributed by atoms with E-state index < -0.39 is 14.6 Å². The van der Waals surface area contributed by atoms with Crippen LogP contribution in [0.1, 0.15) is 85.5 Å². The van der Waals surface area contributed by atoms with Gasteiger partial charge in [-0.05, 0) is 31.0 Å². The predicted molar refractivity (Wildman–Crippen MR) is 91.5 cm³/mol. The van der Waals surface area contributed by atoms with Crippen LogP contribution in [-0.4, -0.2) is 19.7 Å². The Hall–Kier alpha value is 0.137. The number of aliphatic hydroxyl groups is 1. The maximum atomic E-state index is 10.0. The molecule has 3 heteroatoms. The van der Waals surface area contributed by atoms with Crippen LogP contribution in [0.2, 0.25) is 18.1 Å². The van der Waals surface area contributed by atoms with Crippen LogP contribution < -0.4 is 0 Å². The largest absolute Gasteiger partial charge is 0.392 e. The Morgan fingerprint density at radius 3 is 1.80 bits per heavy atom. The highest BCUT2D eigenvalue weighted by Crippen LogP contribution is 2.37. The first kappa shape index (κ1) is 20.1. The van der Waals surface area contributed by atoms with Gasteiger partial charge in [0.15, 0.2) is 8.32 Å². The fourth-order valence-electron chi connectivity index (χ4n) is 2.03. The summed E-state index contributed by atoms with van der Waals surface area (Å²) in [6.45, 7) is 13.3. The Labute approximate surface area is 128 Å². The van der Waals surface area contributed by atoms with Crippen molar-refractivity contribution in [2.45, 2.75) is 110 Å². The molecule has 0 bridgehead atoms. The lowest BCUT2D eigenvalue weighted by molar-refractivity contribution is -0.0352. The summed E-state index contributed by atoms with van der Waals surface area (Å²) in [5.74, 6) is 0. The topological polar surface area (TPSA) is 29.5 Å². The van der Waals surface area contributed by atoms with Crippen LogP contribution >= 0.6 is 0 Å². The third-order valence-corrected chi connectivity index (χ3v) is 9.02. The molecule has 0 aliphatic rings. The maximum absolute atomic E-state index is 10.0. The first-order valence-corrected chi connectivity index (χ1v) is 11.5. The third-order valence-electron chi connectivity index (χ3n) is 4.54. The Kier molecular flexibility index (Phi) is 10.0. The summed E-state index contributed by atoms with van der Waals surface area (Å²) in [7, 11) is -1.81. The summed E-state index contributed by atoms with van der Waals surface area (Å²) < 4.78 is 5.96. The van der Waals surface area contributed by atoms with Crippen molar-refractivity contribution in [2.75, 3.05) is 0 Å². The highest BCUT2D eigenvalue weighted by atomic mass is 28.4. The second kappa shape index (κ2) is 9.96. The second-order valence-electron chi connectivity index (χ2n) is 7.60. The average Bonchev–Trinajstić information content (AvgIpc) is 2.30. The van der Waals surface area contributed by atoms with Crippen molar-refractivity contribution < 1.29 is 9.53 Å². The highest BCUT2D eigenvalue weighted by Gasteiger charge is 2.38. The van der Waals surface area contributed by atoms with E-state index in [4.69, 9.17) is 4.43 Å². The van der Waals surface area contributed by atoms with Gasteiger partial charge in [-0.2, -0.15) is 0 Å². The van der Waals surface area contributed by atoms with E-state index in [-0.39, 0.29) is 5.04 Å². The Balaban J connectivity index is 3.62. The lowest BCUT2D eigenvalue weighted by Gasteiger charge is -2.37. The third kappa shape index (κ3) is 9.14. The molecule has 0 heterocycles. The fourth-order valence-corrected chi connectivity index (χ4v) is 3.18. The molecule has 122 valence electrons. The molecule has 0 aromatic rings. The van der Waals surface area contributed by atoms with Crippen molar-refractivity contribution in [1.29, 1.82) is 0 Å². The minimum absolute atomic E-state index is 0.174. The van der Waals surface area contributed by atoms with Gasteiger partial charge < -0.3 is 9.53 Å². The first-order chi connectivity index (χ1) is 9.20. The summed E-state index contributed by atoms with van der Waals surface area (Å²) in [5.41, 5.74) is 0. The zero-order chi connectivity index (χ0) is 15.6. The fraction of sp³-hybridized carbons (Fsp3) is 1.00. The normalized spacial score (nSPS) is 14.6. The first-order valence-electron chi connectivity index (χ1n) is 8.56. The monoisotopic (exact) mass is 302 g/mol. The van der Waals surface area contributed by atoms with E-state index in [0.29, 0.717) is 0 Å². The Bertz CT molecular complexity index is 234. The lowest BCUT2D eigenvalue weighted by atomic mass is 10.1. The summed E-state index contributed by atoms with van der Waals surface area (Å²) >= 11 is 0. The van der Waals surface area contributed by atoms with E-state index in [0.717, 1.165) is 12.8 Å². The minimum Gasteiger partial charge on any atom is -0.392 e. The van der Waals surface area contributed by atoms with Crippen LogP contribution in [0.4, 0.5) is 0 Å². The van der Waals surface area contributed by atoms with Crippen LogP contribution in [0.5, 0.6) is 0 Å². The molecular formula is C17H38O2Si. The lowest BCUT2D eigenvalue weighted by Crippen LogP contribution is -2.43. The number of unbranched alkanes of at least 4 members (excludes halogenated alkanes) is 7. The summed E-state index contributed by atoms with van der Waals surface area (Å²) in [4.78, 5) is 0. The molecule has 1 unspecified atom stereocenters. The standard InChI is InChI=1S/C17H38O2Si/c1-7-8-9-10-11-12-13-14-15-16(18)19-20(5,6)17(2,3)4/h16,18H,7-15H2,1-6H3. The van der Waals surface area contributed by atoms with Crippen molar-refractivity contribution >= 4 is 8.32 Å². The van der Waals surface area contributed by atoms with Gasteiger partial charge in [0.1, 0.15) is 6.29 Å². The Morgan fingerprint density at radius 1 is 0.900 bits per heavy atom. The molecule has 20 heavy (non-hydrogen) atoms.